The average Bonchev–Trinajstić information content (AvgIpc) is 3.60. The van der Waals surface area contributed by atoms with Gasteiger partial charge in [0.05, 0.1) is 5.92 Å². The van der Waals surface area contributed by atoms with Crippen molar-refractivity contribution >= 4 is 17.7 Å². The maximum atomic E-state index is 12.7. The Hall–Kier alpha value is -2.48. The van der Waals surface area contributed by atoms with Gasteiger partial charge in [0.25, 0.3) is 0 Å². The van der Waals surface area contributed by atoms with Gasteiger partial charge in [0.1, 0.15) is 5.41 Å². The van der Waals surface area contributed by atoms with Gasteiger partial charge in [0, 0.05) is 44.6 Å². The van der Waals surface area contributed by atoms with Crippen LogP contribution >= 0.6 is 0 Å². The van der Waals surface area contributed by atoms with E-state index in [4.69, 9.17) is 5.73 Å². The van der Waals surface area contributed by atoms with Gasteiger partial charge in [-0.1, -0.05) is 6.07 Å². The first-order valence-electron chi connectivity index (χ1n) is 11.0. The summed E-state index contributed by atoms with van der Waals surface area (Å²) in [4.78, 5) is 45.3. The zero-order chi connectivity index (χ0) is 21.1. The summed E-state index contributed by atoms with van der Waals surface area (Å²) in [5.41, 5.74) is 5.53. The summed E-state index contributed by atoms with van der Waals surface area (Å²) in [7, 11) is 0. The Morgan fingerprint density at radius 2 is 1.93 bits per heavy atom. The lowest BCUT2D eigenvalue weighted by Gasteiger charge is -2.42. The summed E-state index contributed by atoms with van der Waals surface area (Å²) >= 11 is 0. The number of piperidine rings is 2. The number of rotatable bonds is 6. The zero-order valence-corrected chi connectivity index (χ0v) is 17.4. The minimum atomic E-state index is -0.921. The van der Waals surface area contributed by atoms with Crippen LogP contribution in [0, 0.1) is 11.3 Å². The highest BCUT2D eigenvalue weighted by molar-refractivity contribution is 6.07. The number of amides is 3. The molecule has 0 aromatic carbocycles. The van der Waals surface area contributed by atoms with Gasteiger partial charge in [0.15, 0.2) is 0 Å². The summed E-state index contributed by atoms with van der Waals surface area (Å²) in [5.74, 6) is -0.460. The van der Waals surface area contributed by atoms with Gasteiger partial charge in [0.2, 0.25) is 17.7 Å². The fourth-order valence-corrected chi connectivity index (χ4v) is 4.82. The van der Waals surface area contributed by atoms with Gasteiger partial charge >= 0.3 is 0 Å². The summed E-state index contributed by atoms with van der Waals surface area (Å²) in [6, 6.07) is 4.21. The smallest absolute Gasteiger partial charge is 0.238 e. The molecule has 4 rings (SSSR count). The van der Waals surface area contributed by atoms with Gasteiger partial charge in [-0.2, -0.15) is 0 Å². The number of nitrogens with two attached hydrogens (primary N) is 1. The van der Waals surface area contributed by atoms with E-state index in [1.54, 1.807) is 12.4 Å². The van der Waals surface area contributed by atoms with Crippen molar-refractivity contribution in [3.8, 4) is 0 Å². The summed E-state index contributed by atoms with van der Waals surface area (Å²) in [6.07, 6.45) is 8.35. The molecule has 3 amide bonds. The van der Waals surface area contributed by atoms with E-state index in [-0.39, 0.29) is 17.7 Å². The van der Waals surface area contributed by atoms with E-state index in [2.05, 4.69) is 15.2 Å². The maximum Gasteiger partial charge on any atom is 0.238 e. The molecule has 30 heavy (non-hydrogen) atoms. The van der Waals surface area contributed by atoms with E-state index in [1.807, 2.05) is 17.0 Å². The van der Waals surface area contributed by atoms with Crippen molar-refractivity contribution in [3.63, 3.8) is 0 Å². The standard InChI is InChI=1S/C22H31N5O3/c23-20(29)22(7-8-22)21(30)26-11-5-18(6-12-26)27-10-2-4-17(15-27)19(28)25-14-16-3-1-9-24-13-16/h1,3,9,13,17-18H,2,4-8,10-12,14-15H2,(H2,23,29)(H,25,28)/t17-/m1/s1. The molecule has 2 saturated heterocycles. The van der Waals surface area contributed by atoms with Crippen LogP contribution in [0.4, 0.5) is 0 Å². The molecule has 8 heteroatoms. The summed E-state index contributed by atoms with van der Waals surface area (Å²) in [6.45, 7) is 3.59. The third-order valence-corrected chi connectivity index (χ3v) is 6.91. The van der Waals surface area contributed by atoms with E-state index in [9.17, 15) is 14.4 Å². The molecule has 1 aliphatic carbocycles. The number of aromatic nitrogens is 1. The van der Waals surface area contributed by atoms with Crippen LogP contribution in [-0.2, 0) is 20.9 Å². The van der Waals surface area contributed by atoms with Gasteiger partial charge in [-0.15, -0.1) is 0 Å². The highest BCUT2D eigenvalue weighted by Gasteiger charge is 2.57. The Morgan fingerprint density at radius 1 is 1.17 bits per heavy atom. The molecule has 1 atom stereocenters. The first-order chi connectivity index (χ1) is 14.5. The molecule has 162 valence electrons. The van der Waals surface area contributed by atoms with Crippen LogP contribution in [0.1, 0.15) is 44.1 Å². The van der Waals surface area contributed by atoms with Crippen molar-refractivity contribution < 1.29 is 14.4 Å². The minimum absolute atomic E-state index is 0.000298. The van der Waals surface area contributed by atoms with Gasteiger partial charge in [-0.05, 0) is 56.7 Å². The van der Waals surface area contributed by atoms with Crippen molar-refractivity contribution in [2.45, 2.75) is 51.1 Å². The Kier molecular flexibility index (Phi) is 6.04. The van der Waals surface area contributed by atoms with Gasteiger partial charge in [-0.25, -0.2) is 0 Å². The molecular weight excluding hydrogens is 382 g/mol. The predicted octanol–water partition coefficient (Wildman–Crippen LogP) is 0.666. The molecule has 0 bridgehead atoms. The van der Waals surface area contributed by atoms with Crippen molar-refractivity contribution in [1.29, 1.82) is 0 Å². The molecule has 1 saturated carbocycles. The molecular formula is C22H31N5O3. The minimum Gasteiger partial charge on any atom is -0.369 e. The van der Waals surface area contributed by atoms with Crippen molar-refractivity contribution in [2.24, 2.45) is 17.1 Å². The number of hydrogen-bond donors (Lipinski definition) is 2. The first kappa shape index (κ1) is 20.8. The van der Waals surface area contributed by atoms with E-state index < -0.39 is 11.3 Å². The molecule has 0 spiro atoms. The number of nitrogens with zero attached hydrogens (tertiary/aromatic N) is 3. The Labute approximate surface area is 177 Å². The average molecular weight is 414 g/mol. The van der Waals surface area contributed by atoms with E-state index >= 15 is 0 Å². The molecule has 3 heterocycles. The van der Waals surface area contributed by atoms with E-state index in [0.29, 0.717) is 38.5 Å². The molecule has 0 unspecified atom stereocenters. The van der Waals surface area contributed by atoms with Crippen molar-refractivity contribution in [1.82, 2.24) is 20.1 Å². The normalized spacial score (nSPS) is 24.3. The number of carbonyl (C=O) groups is 3. The fourth-order valence-electron chi connectivity index (χ4n) is 4.82. The molecule has 3 N–H and O–H groups in total. The Bertz CT molecular complexity index is 787. The predicted molar refractivity (Wildman–Crippen MR) is 111 cm³/mol. The fraction of sp³-hybridized carbons (Fsp3) is 0.636. The molecule has 1 aromatic heterocycles. The monoisotopic (exact) mass is 413 g/mol. The van der Waals surface area contributed by atoms with Gasteiger partial charge < -0.3 is 16.0 Å². The largest absolute Gasteiger partial charge is 0.369 e. The van der Waals surface area contributed by atoms with Crippen LogP contribution in [-0.4, -0.2) is 64.7 Å². The SMILES string of the molecule is NC(=O)C1(C(=O)N2CCC(N3CCC[C@@H](C(=O)NCc4cccnc4)C3)CC2)CC1. The quantitative estimate of drug-likeness (QED) is 0.666. The van der Waals surface area contributed by atoms with Gasteiger partial charge in [-0.3, -0.25) is 24.3 Å². The van der Waals surface area contributed by atoms with Crippen LogP contribution in [0.15, 0.2) is 24.5 Å². The van der Waals surface area contributed by atoms with Crippen molar-refractivity contribution in [2.75, 3.05) is 26.2 Å². The van der Waals surface area contributed by atoms with Crippen LogP contribution < -0.4 is 11.1 Å². The second-order valence-corrected chi connectivity index (χ2v) is 8.88. The summed E-state index contributed by atoms with van der Waals surface area (Å²) in [5, 5.41) is 3.05. The molecule has 8 nitrogen and oxygen atoms in total. The lowest BCUT2D eigenvalue weighted by molar-refractivity contribution is -0.144. The number of pyridine rings is 1. The first-order valence-corrected chi connectivity index (χ1v) is 11.0. The van der Waals surface area contributed by atoms with E-state index in [0.717, 1.165) is 44.3 Å². The lowest BCUT2D eigenvalue weighted by atomic mass is 9.92. The third-order valence-electron chi connectivity index (χ3n) is 6.91. The second kappa shape index (κ2) is 8.71. The van der Waals surface area contributed by atoms with Crippen LogP contribution in [0.25, 0.3) is 0 Å². The zero-order valence-electron chi connectivity index (χ0n) is 17.4. The highest BCUT2D eigenvalue weighted by Crippen LogP contribution is 2.47. The molecule has 3 fully saturated rings. The molecule has 1 aromatic rings. The number of likely N-dealkylation sites (tertiary alicyclic amines) is 2. The number of nitrogens with one attached hydrogen (secondary N) is 1. The highest BCUT2D eigenvalue weighted by atomic mass is 16.2. The topological polar surface area (TPSA) is 109 Å². The Balaban J connectivity index is 1.25. The van der Waals surface area contributed by atoms with Crippen molar-refractivity contribution in [3.05, 3.63) is 30.1 Å². The maximum absolute atomic E-state index is 12.7. The van der Waals surface area contributed by atoms with Crippen LogP contribution in [0.3, 0.4) is 0 Å². The lowest BCUT2D eigenvalue weighted by Crippen LogP contribution is -2.53. The second-order valence-electron chi connectivity index (χ2n) is 8.88. The number of carbonyl (C=O) groups excluding carboxylic acids is 3. The molecule has 2 aliphatic heterocycles. The van der Waals surface area contributed by atoms with Crippen LogP contribution in [0.2, 0.25) is 0 Å². The molecule has 3 aliphatic rings. The molecule has 0 radical (unpaired) electrons. The van der Waals surface area contributed by atoms with E-state index in [1.165, 1.54) is 0 Å². The third kappa shape index (κ3) is 4.33. The number of hydrogen-bond acceptors (Lipinski definition) is 5. The number of primary amides is 1. The summed E-state index contributed by atoms with van der Waals surface area (Å²) < 4.78 is 0. The Morgan fingerprint density at radius 3 is 2.57 bits per heavy atom. The van der Waals surface area contributed by atoms with Crippen LogP contribution in [0.5, 0.6) is 0 Å².